The highest BCUT2D eigenvalue weighted by atomic mass is 16.3. The smallest absolute Gasteiger partial charge is 0.160 e. The summed E-state index contributed by atoms with van der Waals surface area (Å²) in [5, 5.41) is 9.46. The minimum absolute atomic E-state index is 0.000255. The molecule has 5 nitrogen and oxygen atoms in total. The third kappa shape index (κ3) is 4.15. The molecule has 3 aromatic heterocycles. The van der Waals surface area contributed by atoms with Crippen LogP contribution in [0.2, 0.25) is 0 Å². The molecule has 0 fully saturated rings. The van der Waals surface area contributed by atoms with E-state index in [0.717, 1.165) is 90.4 Å². The Morgan fingerprint density at radius 1 is 0.574 bits per heavy atom. The van der Waals surface area contributed by atoms with Crippen molar-refractivity contribution in [1.29, 1.82) is 0 Å². The van der Waals surface area contributed by atoms with Crippen molar-refractivity contribution in [2.24, 2.45) is 0 Å². The van der Waals surface area contributed by atoms with Crippen molar-refractivity contribution in [2.45, 2.75) is 19.0 Å². The second kappa shape index (κ2) is 11.3. The van der Waals surface area contributed by atoms with Crippen LogP contribution in [-0.2, 0) is 6.42 Å². The molecule has 10 aromatic rings. The Balaban J connectivity index is 1.03. The molecule has 1 N–H and O–H groups in total. The normalized spacial score (nSPS) is 15.1. The second-order valence-electron chi connectivity index (χ2n) is 14.4. The van der Waals surface area contributed by atoms with Gasteiger partial charge in [-0.3, -0.25) is 0 Å². The van der Waals surface area contributed by atoms with Crippen molar-refractivity contribution in [3.63, 3.8) is 0 Å². The average molecular weight is 696 g/mol. The highest BCUT2D eigenvalue weighted by molar-refractivity contribution is 6.18. The average Bonchev–Trinajstić information content (AvgIpc) is 4.00. The number of aryl methyl sites for hydroxylation is 1. The molecule has 0 bridgehead atoms. The van der Waals surface area contributed by atoms with E-state index in [1.807, 2.05) is 6.07 Å². The number of allylic oxidation sites excluding steroid dienone is 1. The second-order valence-corrected chi connectivity index (χ2v) is 14.4. The lowest BCUT2D eigenvalue weighted by Crippen LogP contribution is -2.23. The number of nitrogens with one attached hydrogen (secondary N) is 1. The first kappa shape index (κ1) is 29.6. The van der Waals surface area contributed by atoms with Crippen molar-refractivity contribution in [2.75, 3.05) is 10.2 Å². The number of hydrogen-bond donors (Lipinski definition) is 1. The molecule has 1 atom stereocenters. The van der Waals surface area contributed by atoms with Crippen molar-refractivity contribution < 1.29 is 8.83 Å². The molecule has 0 spiro atoms. The lowest BCUT2D eigenvalue weighted by molar-refractivity contribution is 0.664. The Morgan fingerprint density at radius 3 is 2.24 bits per heavy atom. The molecule has 54 heavy (non-hydrogen) atoms. The minimum atomic E-state index is 0.000255. The van der Waals surface area contributed by atoms with E-state index in [4.69, 9.17) is 8.83 Å². The summed E-state index contributed by atoms with van der Waals surface area (Å²) in [5.74, 6) is 0. The van der Waals surface area contributed by atoms with Gasteiger partial charge in [0.1, 0.15) is 17.3 Å². The van der Waals surface area contributed by atoms with Crippen molar-refractivity contribution in [1.82, 2.24) is 4.57 Å². The van der Waals surface area contributed by atoms with Crippen molar-refractivity contribution in [3.8, 4) is 16.8 Å². The predicted octanol–water partition coefficient (Wildman–Crippen LogP) is 13.3. The summed E-state index contributed by atoms with van der Waals surface area (Å²) >= 11 is 0. The molecule has 0 radical (unpaired) electrons. The number of nitrogens with zero attached hydrogens (tertiary/aromatic N) is 2. The minimum Gasteiger partial charge on any atom is -0.454 e. The van der Waals surface area contributed by atoms with E-state index in [9.17, 15) is 0 Å². The third-order valence-electron chi connectivity index (χ3n) is 11.5. The fraction of sp³-hybridized carbons (Fsp3) is 0.0612. The topological polar surface area (TPSA) is 46.5 Å². The number of benzene rings is 7. The van der Waals surface area contributed by atoms with Crippen LogP contribution in [0.1, 0.15) is 29.4 Å². The first-order valence-corrected chi connectivity index (χ1v) is 18.7. The van der Waals surface area contributed by atoms with Gasteiger partial charge in [0.2, 0.25) is 0 Å². The highest BCUT2D eigenvalue weighted by Gasteiger charge is 2.31. The number of fused-ring (bicyclic) bond motifs is 11. The molecule has 7 aromatic carbocycles. The number of hydrogen-bond acceptors (Lipinski definition) is 4. The monoisotopic (exact) mass is 695 g/mol. The van der Waals surface area contributed by atoms with Crippen LogP contribution in [0.3, 0.4) is 0 Å². The number of para-hydroxylation sites is 4. The molecule has 1 aliphatic heterocycles. The zero-order valence-electron chi connectivity index (χ0n) is 29.3. The fourth-order valence-corrected chi connectivity index (χ4v) is 9.11. The zero-order chi connectivity index (χ0) is 35.3. The summed E-state index contributed by atoms with van der Waals surface area (Å²) in [6, 6.07) is 54.0. The summed E-state index contributed by atoms with van der Waals surface area (Å²) in [7, 11) is 0. The first-order valence-electron chi connectivity index (χ1n) is 18.7. The molecule has 1 unspecified atom stereocenters. The zero-order valence-corrected chi connectivity index (χ0v) is 29.3. The maximum atomic E-state index is 6.90. The number of anilines is 3. The lowest BCUT2D eigenvalue weighted by Gasteiger charge is -2.27. The van der Waals surface area contributed by atoms with Crippen LogP contribution in [-0.4, -0.2) is 4.57 Å². The van der Waals surface area contributed by atoms with E-state index in [0.29, 0.717) is 0 Å². The van der Waals surface area contributed by atoms with E-state index in [2.05, 4.69) is 173 Å². The lowest BCUT2D eigenvalue weighted by atomic mass is 9.98. The van der Waals surface area contributed by atoms with Gasteiger partial charge in [-0.1, -0.05) is 109 Å². The van der Waals surface area contributed by atoms with E-state index in [-0.39, 0.29) is 6.17 Å². The summed E-state index contributed by atoms with van der Waals surface area (Å²) in [5.41, 5.74) is 15.2. The highest BCUT2D eigenvalue weighted by Crippen LogP contribution is 2.48. The van der Waals surface area contributed by atoms with Crippen molar-refractivity contribution in [3.05, 3.63) is 175 Å². The number of aromatic nitrogens is 1. The van der Waals surface area contributed by atoms with Gasteiger partial charge in [0.05, 0.1) is 22.6 Å². The van der Waals surface area contributed by atoms with E-state index >= 15 is 0 Å². The van der Waals surface area contributed by atoms with E-state index in [1.54, 1.807) is 0 Å². The Hall–Kier alpha value is -6.98. The van der Waals surface area contributed by atoms with Gasteiger partial charge in [-0.25, -0.2) is 0 Å². The molecular weight excluding hydrogens is 663 g/mol. The van der Waals surface area contributed by atoms with Crippen LogP contribution in [0.25, 0.3) is 77.7 Å². The predicted molar refractivity (Wildman–Crippen MR) is 222 cm³/mol. The van der Waals surface area contributed by atoms with Gasteiger partial charge in [0.25, 0.3) is 0 Å². The molecule has 1 aliphatic carbocycles. The van der Waals surface area contributed by atoms with Crippen LogP contribution in [0.5, 0.6) is 0 Å². The number of furan rings is 2. The van der Waals surface area contributed by atoms with E-state index in [1.165, 1.54) is 27.9 Å². The van der Waals surface area contributed by atoms with Crippen LogP contribution in [0.4, 0.5) is 17.1 Å². The van der Waals surface area contributed by atoms with Gasteiger partial charge < -0.3 is 23.6 Å². The fourth-order valence-electron chi connectivity index (χ4n) is 9.11. The Morgan fingerprint density at radius 2 is 1.31 bits per heavy atom. The van der Waals surface area contributed by atoms with Gasteiger partial charge >= 0.3 is 0 Å². The van der Waals surface area contributed by atoms with E-state index < -0.39 is 0 Å². The van der Waals surface area contributed by atoms with Gasteiger partial charge in [-0.15, -0.1) is 0 Å². The molecule has 12 rings (SSSR count). The first-order chi connectivity index (χ1) is 26.8. The molecule has 5 heteroatoms. The third-order valence-corrected chi connectivity index (χ3v) is 11.5. The van der Waals surface area contributed by atoms with Crippen LogP contribution < -0.4 is 10.2 Å². The molecule has 4 heterocycles. The molecule has 0 saturated carbocycles. The van der Waals surface area contributed by atoms with Gasteiger partial charge in [0, 0.05) is 38.3 Å². The quantitative estimate of drug-likeness (QED) is 0.199. The van der Waals surface area contributed by atoms with Gasteiger partial charge in [0.15, 0.2) is 11.2 Å². The Labute approximate surface area is 311 Å². The molecule has 2 aliphatic rings. The van der Waals surface area contributed by atoms with Crippen LogP contribution in [0.15, 0.2) is 167 Å². The maximum absolute atomic E-state index is 6.90. The Kier molecular flexibility index (Phi) is 6.17. The van der Waals surface area contributed by atoms with Crippen LogP contribution >= 0.6 is 0 Å². The summed E-state index contributed by atoms with van der Waals surface area (Å²) in [4.78, 5) is 2.39. The molecule has 0 saturated heterocycles. The molecule has 256 valence electrons. The standard InChI is InChI=1S/C49H33N3O2/c1-2-12-31(13-3-1)49-50-39-18-6-8-20-41(39)51(49)32-26-24-30(25-27-32)33-16-11-23-44-45(33)38-17-10-21-42(47(38)54-44)52-40-19-7-4-14-34(40)36-28-29-37-35-15-5-9-22-43(35)53-48(37)46(36)52/h1-3,5-13,15-29,49-50H,4,14H2. The summed E-state index contributed by atoms with van der Waals surface area (Å²) in [6.45, 7) is 0. The molecular formula is C49H33N3O2. The Bertz CT molecular complexity index is 3150. The summed E-state index contributed by atoms with van der Waals surface area (Å²) < 4.78 is 15.9. The van der Waals surface area contributed by atoms with Crippen molar-refractivity contribution >= 4 is 77.9 Å². The largest absolute Gasteiger partial charge is 0.454 e. The van der Waals surface area contributed by atoms with Crippen LogP contribution in [0, 0.1) is 0 Å². The summed E-state index contributed by atoms with van der Waals surface area (Å²) in [6.07, 6.45) is 6.57. The van der Waals surface area contributed by atoms with Gasteiger partial charge in [-0.2, -0.15) is 0 Å². The number of rotatable bonds is 4. The molecule has 0 amide bonds. The maximum Gasteiger partial charge on any atom is 0.160 e. The van der Waals surface area contributed by atoms with Gasteiger partial charge in [-0.05, 0) is 89.7 Å². The SMILES string of the molecule is C1=Cc2c(c3ccc4c5ccccc5oc4c3n2-c2cccc3c2oc2cccc(-c4ccc(N5c6ccccc6NC5c5ccccc5)cc4)c23)CC1.